The van der Waals surface area contributed by atoms with Gasteiger partial charge in [-0.2, -0.15) is 10.2 Å². The van der Waals surface area contributed by atoms with Crippen molar-refractivity contribution in [1.82, 2.24) is 29.8 Å². The third kappa shape index (κ3) is 3.87. The van der Waals surface area contributed by atoms with Crippen LogP contribution in [0.25, 0.3) is 10.7 Å². The Morgan fingerprint density at radius 1 is 1.11 bits per heavy atom. The number of hydrogen-bond donors (Lipinski definition) is 1. The summed E-state index contributed by atoms with van der Waals surface area (Å²) in [6.45, 7) is 2.91. The average molecular weight is 438 g/mol. The van der Waals surface area contributed by atoms with E-state index >= 15 is 0 Å². The molecule has 1 N–H and O–H groups in total. The van der Waals surface area contributed by atoms with E-state index in [2.05, 4.69) is 25.7 Å². The molecule has 3 heterocycles. The van der Waals surface area contributed by atoms with Crippen molar-refractivity contribution in [3.05, 3.63) is 58.1 Å². The van der Waals surface area contributed by atoms with Crippen LogP contribution in [0.2, 0.25) is 10.0 Å². The molecule has 11 heteroatoms. The van der Waals surface area contributed by atoms with Gasteiger partial charge in [0, 0.05) is 35.6 Å². The number of anilines is 2. The molecule has 0 aliphatic carbocycles. The number of aromatic nitrogens is 6. The number of aryl methyl sites for hydroxylation is 1. The Labute approximate surface area is 173 Å². The summed E-state index contributed by atoms with van der Waals surface area (Å²) in [5.41, 5.74) is 0.979. The molecule has 3 aromatic heterocycles. The van der Waals surface area contributed by atoms with Crippen molar-refractivity contribution in [2.45, 2.75) is 20.0 Å². The molecule has 144 valence electrons. The largest absolute Gasteiger partial charge is 0.313 e. The zero-order valence-electron chi connectivity index (χ0n) is 14.6. The van der Waals surface area contributed by atoms with Crippen molar-refractivity contribution in [1.29, 1.82) is 0 Å². The lowest BCUT2D eigenvalue weighted by Gasteiger charge is -2.05. The maximum atomic E-state index is 13.9. The highest BCUT2D eigenvalue weighted by molar-refractivity contribution is 7.18. The van der Waals surface area contributed by atoms with Crippen molar-refractivity contribution in [3.63, 3.8) is 0 Å². The van der Waals surface area contributed by atoms with Crippen LogP contribution in [0.5, 0.6) is 0 Å². The van der Waals surface area contributed by atoms with Gasteiger partial charge < -0.3 is 5.32 Å². The van der Waals surface area contributed by atoms with E-state index in [1.54, 1.807) is 40.0 Å². The number of nitrogens with one attached hydrogen (secondary N) is 1. The van der Waals surface area contributed by atoms with Crippen LogP contribution in [-0.2, 0) is 13.1 Å². The summed E-state index contributed by atoms with van der Waals surface area (Å²) in [7, 11) is 0. The van der Waals surface area contributed by atoms with E-state index in [-0.39, 0.29) is 12.4 Å². The third-order valence-corrected chi connectivity index (χ3v) is 5.40. The summed E-state index contributed by atoms with van der Waals surface area (Å²) in [4.78, 5) is 0. The van der Waals surface area contributed by atoms with Crippen LogP contribution in [-0.4, -0.2) is 29.8 Å². The van der Waals surface area contributed by atoms with Gasteiger partial charge in [0.2, 0.25) is 5.13 Å². The van der Waals surface area contributed by atoms with Crippen molar-refractivity contribution in [2.24, 2.45) is 0 Å². The first-order valence-electron chi connectivity index (χ1n) is 8.33. The van der Waals surface area contributed by atoms with Gasteiger partial charge in [-0.25, -0.2) is 4.39 Å². The van der Waals surface area contributed by atoms with Gasteiger partial charge in [0.25, 0.3) is 0 Å². The molecular weight excluding hydrogens is 424 g/mol. The van der Waals surface area contributed by atoms with E-state index in [9.17, 15) is 4.39 Å². The SMILES string of the molecule is CCn1cc(Cl)c(-c2nnc(Nc3ccn(Cc4c(F)cccc4Cl)n3)s2)n1. The fourth-order valence-corrected chi connectivity index (χ4v) is 3.81. The minimum absolute atomic E-state index is 0.221. The van der Waals surface area contributed by atoms with E-state index in [4.69, 9.17) is 23.2 Å². The highest BCUT2D eigenvalue weighted by Gasteiger charge is 2.15. The first-order chi connectivity index (χ1) is 13.5. The van der Waals surface area contributed by atoms with Gasteiger partial charge in [-0.3, -0.25) is 9.36 Å². The Morgan fingerprint density at radius 2 is 1.96 bits per heavy atom. The third-order valence-electron chi connectivity index (χ3n) is 3.93. The fourth-order valence-electron chi connectivity index (χ4n) is 2.54. The predicted octanol–water partition coefficient (Wildman–Crippen LogP) is 4.86. The van der Waals surface area contributed by atoms with Gasteiger partial charge in [0.05, 0.1) is 11.6 Å². The van der Waals surface area contributed by atoms with Gasteiger partial charge in [-0.1, -0.05) is 40.6 Å². The lowest BCUT2D eigenvalue weighted by atomic mass is 10.2. The first-order valence-corrected chi connectivity index (χ1v) is 9.91. The van der Waals surface area contributed by atoms with Crippen LogP contribution in [0.4, 0.5) is 15.3 Å². The molecule has 0 saturated carbocycles. The Morgan fingerprint density at radius 3 is 2.71 bits per heavy atom. The quantitative estimate of drug-likeness (QED) is 0.466. The van der Waals surface area contributed by atoms with E-state index in [0.717, 1.165) is 0 Å². The van der Waals surface area contributed by atoms with Crippen LogP contribution in [0.3, 0.4) is 0 Å². The van der Waals surface area contributed by atoms with Gasteiger partial charge in [-0.15, -0.1) is 10.2 Å². The Kier molecular flexibility index (Phi) is 5.29. The van der Waals surface area contributed by atoms with Crippen LogP contribution in [0.1, 0.15) is 12.5 Å². The second-order valence-corrected chi connectivity index (χ2v) is 7.61. The molecule has 0 aliphatic rings. The zero-order chi connectivity index (χ0) is 19.7. The maximum absolute atomic E-state index is 13.9. The predicted molar refractivity (Wildman–Crippen MR) is 108 cm³/mol. The molecule has 4 aromatic rings. The monoisotopic (exact) mass is 437 g/mol. The number of halogens is 3. The summed E-state index contributed by atoms with van der Waals surface area (Å²) in [6, 6.07) is 6.35. The van der Waals surface area contributed by atoms with Crippen molar-refractivity contribution < 1.29 is 4.39 Å². The van der Waals surface area contributed by atoms with Gasteiger partial charge in [-0.05, 0) is 19.1 Å². The topological polar surface area (TPSA) is 73.5 Å². The van der Waals surface area contributed by atoms with Gasteiger partial charge >= 0.3 is 0 Å². The molecule has 0 unspecified atom stereocenters. The normalized spacial score (nSPS) is 11.1. The van der Waals surface area contributed by atoms with Crippen molar-refractivity contribution in [2.75, 3.05) is 5.32 Å². The lowest BCUT2D eigenvalue weighted by Crippen LogP contribution is -2.04. The van der Waals surface area contributed by atoms with Crippen molar-refractivity contribution >= 4 is 45.5 Å². The highest BCUT2D eigenvalue weighted by atomic mass is 35.5. The van der Waals surface area contributed by atoms with Gasteiger partial charge in [0.1, 0.15) is 11.5 Å². The van der Waals surface area contributed by atoms with E-state index < -0.39 is 0 Å². The molecule has 0 atom stereocenters. The number of benzene rings is 1. The molecular formula is C17H14Cl2FN7S. The number of rotatable bonds is 6. The number of hydrogen-bond acceptors (Lipinski definition) is 6. The van der Waals surface area contributed by atoms with Gasteiger partial charge in [0.15, 0.2) is 10.8 Å². The maximum Gasteiger partial charge on any atom is 0.211 e. The second-order valence-electron chi connectivity index (χ2n) is 5.82. The van der Waals surface area contributed by atoms with E-state index in [1.807, 2.05) is 6.92 Å². The minimum Gasteiger partial charge on any atom is -0.313 e. The smallest absolute Gasteiger partial charge is 0.211 e. The van der Waals surface area contributed by atoms with E-state index in [1.165, 1.54) is 17.4 Å². The fraction of sp³-hybridized carbons (Fsp3) is 0.176. The van der Waals surface area contributed by atoms with Crippen LogP contribution >= 0.6 is 34.5 Å². The Bertz CT molecular complexity index is 1100. The molecule has 0 amide bonds. The summed E-state index contributed by atoms with van der Waals surface area (Å²) >= 11 is 13.6. The molecule has 0 bridgehead atoms. The average Bonchev–Trinajstić information content (AvgIpc) is 3.39. The second kappa shape index (κ2) is 7.86. The van der Waals surface area contributed by atoms with Crippen molar-refractivity contribution in [3.8, 4) is 10.7 Å². The highest BCUT2D eigenvalue weighted by Crippen LogP contribution is 2.31. The summed E-state index contributed by atoms with van der Waals surface area (Å²) < 4.78 is 17.3. The minimum atomic E-state index is -0.366. The van der Waals surface area contributed by atoms with E-state index in [0.29, 0.717) is 43.8 Å². The summed E-state index contributed by atoms with van der Waals surface area (Å²) in [5.74, 6) is 0.190. The Hall–Kier alpha value is -2.49. The molecule has 28 heavy (non-hydrogen) atoms. The Balaban J connectivity index is 1.49. The molecule has 0 saturated heterocycles. The first kappa shape index (κ1) is 18.9. The summed E-state index contributed by atoms with van der Waals surface area (Å²) in [6.07, 6.45) is 3.48. The van der Waals surface area contributed by atoms with Crippen LogP contribution in [0, 0.1) is 5.82 Å². The molecule has 7 nitrogen and oxygen atoms in total. The number of nitrogens with zero attached hydrogens (tertiary/aromatic N) is 6. The summed E-state index contributed by atoms with van der Waals surface area (Å²) in [5, 5.41) is 22.1. The molecule has 0 spiro atoms. The molecule has 4 rings (SSSR count). The molecule has 0 aliphatic heterocycles. The standard InChI is InChI=1S/C17H14Cl2FN7S/c1-2-26-9-12(19)15(25-26)16-22-23-17(28-16)21-14-6-7-27(24-14)8-10-11(18)4-3-5-13(10)20/h3-7,9H,2,8H2,1H3,(H,21,23,24). The molecule has 0 radical (unpaired) electrons. The van der Waals surface area contributed by atoms with Crippen LogP contribution in [0.15, 0.2) is 36.7 Å². The lowest BCUT2D eigenvalue weighted by molar-refractivity contribution is 0.586. The molecule has 1 aromatic carbocycles. The zero-order valence-corrected chi connectivity index (χ0v) is 16.9. The van der Waals surface area contributed by atoms with Crippen LogP contribution < -0.4 is 5.32 Å². The molecule has 0 fully saturated rings.